The number of hydrogen-bond acceptors (Lipinski definition) is 5. The lowest BCUT2D eigenvalue weighted by atomic mass is 9.94. The maximum Gasteiger partial charge on any atom is 0.295 e. The Labute approximate surface area is 207 Å². The van der Waals surface area contributed by atoms with Crippen molar-refractivity contribution in [1.82, 2.24) is 4.90 Å². The summed E-state index contributed by atoms with van der Waals surface area (Å²) in [6.45, 7) is 0.199. The minimum Gasteiger partial charge on any atom is -0.507 e. The Morgan fingerprint density at radius 1 is 1.00 bits per heavy atom. The third-order valence-corrected chi connectivity index (χ3v) is 6.20. The molecule has 0 saturated carbocycles. The molecule has 1 saturated heterocycles. The molecule has 3 aromatic rings. The number of aliphatic hydroxyl groups is 1. The van der Waals surface area contributed by atoms with E-state index in [1.165, 1.54) is 43.4 Å². The van der Waals surface area contributed by atoms with Gasteiger partial charge in [0.15, 0.2) is 0 Å². The van der Waals surface area contributed by atoms with Crippen molar-refractivity contribution in [3.05, 3.63) is 99.8 Å². The van der Waals surface area contributed by atoms with Gasteiger partial charge in [0.25, 0.3) is 11.7 Å². The number of rotatable bonds is 7. The maximum atomic E-state index is 13.7. The van der Waals surface area contributed by atoms with Crippen LogP contribution in [0.15, 0.2) is 72.3 Å². The van der Waals surface area contributed by atoms with Crippen molar-refractivity contribution < 1.29 is 28.6 Å². The van der Waals surface area contributed by atoms with Crippen LogP contribution in [0, 0.1) is 5.82 Å². The largest absolute Gasteiger partial charge is 0.507 e. The number of Topliss-reactive ketones (excluding diaryl/α,β-unsaturated/α-hetero) is 1. The van der Waals surface area contributed by atoms with Crippen molar-refractivity contribution in [3.8, 4) is 11.5 Å². The quantitative estimate of drug-likeness (QED) is 0.278. The summed E-state index contributed by atoms with van der Waals surface area (Å²) in [5.41, 5.74) is 1.55. The molecule has 1 fully saturated rings. The number of amides is 1. The predicted octanol–water partition coefficient (Wildman–Crippen LogP) is 5.16. The predicted molar refractivity (Wildman–Crippen MR) is 130 cm³/mol. The van der Waals surface area contributed by atoms with E-state index in [0.29, 0.717) is 22.8 Å². The first-order valence-corrected chi connectivity index (χ1v) is 11.2. The van der Waals surface area contributed by atoms with Gasteiger partial charge in [-0.3, -0.25) is 9.59 Å². The van der Waals surface area contributed by atoms with Crippen molar-refractivity contribution in [2.24, 2.45) is 0 Å². The summed E-state index contributed by atoms with van der Waals surface area (Å²) in [6.07, 6.45) is 0.452. The van der Waals surface area contributed by atoms with Crippen molar-refractivity contribution in [2.75, 3.05) is 20.8 Å². The third-order valence-electron chi connectivity index (χ3n) is 5.94. The van der Waals surface area contributed by atoms with Crippen molar-refractivity contribution in [3.63, 3.8) is 0 Å². The van der Waals surface area contributed by atoms with Crippen LogP contribution in [-0.2, 0) is 16.0 Å². The van der Waals surface area contributed by atoms with Crippen LogP contribution in [0.25, 0.3) is 5.76 Å². The first-order chi connectivity index (χ1) is 16.8. The maximum absolute atomic E-state index is 13.7. The summed E-state index contributed by atoms with van der Waals surface area (Å²) in [4.78, 5) is 27.7. The SMILES string of the molecule is COc1ccc(/C(O)=C2/C(=O)C(=O)N(CCc3ccc(Cl)cc3)C2c2ccc(F)cc2)c(OC)c1. The molecule has 35 heavy (non-hydrogen) atoms. The van der Waals surface area contributed by atoms with Gasteiger partial charge in [-0.2, -0.15) is 0 Å². The van der Waals surface area contributed by atoms with E-state index in [0.717, 1.165) is 5.56 Å². The van der Waals surface area contributed by atoms with Gasteiger partial charge >= 0.3 is 0 Å². The van der Waals surface area contributed by atoms with E-state index in [9.17, 15) is 19.1 Å². The monoisotopic (exact) mass is 495 g/mol. The van der Waals surface area contributed by atoms with Gasteiger partial charge in [-0.15, -0.1) is 0 Å². The summed E-state index contributed by atoms with van der Waals surface area (Å²) < 4.78 is 24.3. The second-order valence-corrected chi connectivity index (χ2v) is 8.42. The summed E-state index contributed by atoms with van der Waals surface area (Å²) in [5, 5.41) is 11.9. The molecular weight excluding hydrogens is 473 g/mol. The first-order valence-electron chi connectivity index (χ1n) is 10.8. The van der Waals surface area contributed by atoms with Gasteiger partial charge in [0.05, 0.1) is 31.4 Å². The van der Waals surface area contributed by atoms with Gasteiger partial charge in [0.2, 0.25) is 0 Å². The topological polar surface area (TPSA) is 76.1 Å². The van der Waals surface area contributed by atoms with Gasteiger partial charge in [-0.05, 0) is 53.9 Å². The van der Waals surface area contributed by atoms with E-state index in [2.05, 4.69) is 0 Å². The Bertz CT molecular complexity index is 1290. The molecule has 0 spiro atoms. The van der Waals surface area contributed by atoms with Crippen LogP contribution in [0.3, 0.4) is 0 Å². The highest BCUT2D eigenvalue weighted by atomic mass is 35.5. The third kappa shape index (κ3) is 4.86. The number of benzene rings is 3. The Morgan fingerprint density at radius 3 is 2.31 bits per heavy atom. The first kappa shape index (κ1) is 24.3. The molecule has 0 aromatic heterocycles. The zero-order chi connectivity index (χ0) is 25.1. The number of hydrogen-bond donors (Lipinski definition) is 1. The van der Waals surface area contributed by atoms with E-state index in [-0.39, 0.29) is 29.2 Å². The number of methoxy groups -OCH3 is 2. The van der Waals surface area contributed by atoms with Crippen LogP contribution < -0.4 is 9.47 Å². The molecule has 180 valence electrons. The van der Waals surface area contributed by atoms with E-state index in [1.54, 1.807) is 30.3 Å². The molecule has 0 aliphatic carbocycles. The van der Waals surface area contributed by atoms with Gasteiger partial charge in [0.1, 0.15) is 23.1 Å². The number of aliphatic hydroxyl groups excluding tert-OH is 1. The molecule has 1 heterocycles. The molecule has 1 aliphatic rings. The molecule has 1 unspecified atom stereocenters. The van der Waals surface area contributed by atoms with Gasteiger partial charge in [-0.1, -0.05) is 35.9 Å². The molecule has 4 rings (SSSR count). The highest BCUT2D eigenvalue weighted by Crippen LogP contribution is 2.41. The van der Waals surface area contributed by atoms with Crippen molar-refractivity contribution in [1.29, 1.82) is 0 Å². The number of halogens is 2. The summed E-state index contributed by atoms with van der Waals surface area (Å²) in [6, 6.07) is 16.5. The zero-order valence-electron chi connectivity index (χ0n) is 19.1. The Hall–Kier alpha value is -3.84. The van der Waals surface area contributed by atoms with Crippen LogP contribution in [0.1, 0.15) is 22.7 Å². The van der Waals surface area contributed by atoms with Crippen LogP contribution in [-0.4, -0.2) is 42.5 Å². The minimum absolute atomic E-state index is 0.0961. The van der Waals surface area contributed by atoms with Gasteiger partial charge < -0.3 is 19.5 Å². The van der Waals surface area contributed by atoms with Crippen LogP contribution in [0.5, 0.6) is 11.5 Å². The van der Waals surface area contributed by atoms with Gasteiger partial charge in [0, 0.05) is 17.6 Å². The van der Waals surface area contributed by atoms with E-state index >= 15 is 0 Å². The molecular formula is C27H23ClFNO5. The van der Waals surface area contributed by atoms with E-state index < -0.39 is 23.5 Å². The molecule has 1 amide bonds. The highest BCUT2D eigenvalue weighted by Gasteiger charge is 2.46. The second kappa shape index (κ2) is 10.2. The number of carbonyl (C=O) groups is 2. The second-order valence-electron chi connectivity index (χ2n) is 7.99. The van der Waals surface area contributed by atoms with Crippen LogP contribution >= 0.6 is 11.6 Å². The van der Waals surface area contributed by atoms with Crippen LogP contribution in [0.2, 0.25) is 5.02 Å². The number of ketones is 1. The molecule has 8 heteroatoms. The fourth-order valence-corrected chi connectivity index (χ4v) is 4.27. The van der Waals surface area contributed by atoms with Crippen LogP contribution in [0.4, 0.5) is 4.39 Å². The lowest BCUT2D eigenvalue weighted by Gasteiger charge is -2.25. The standard InChI is InChI=1S/C27H23ClFNO5/c1-34-20-11-12-21(22(15-20)35-2)25(31)23-24(17-5-9-19(29)10-6-17)30(27(33)26(23)32)14-13-16-3-7-18(28)8-4-16/h3-12,15,24,31H,13-14H2,1-2H3/b25-23-. The molecule has 1 aliphatic heterocycles. The normalized spacial score (nSPS) is 17.0. The average molecular weight is 496 g/mol. The fourth-order valence-electron chi connectivity index (χ4n) is 4.14. The Balaban J connectivity index is 1.80. The van der Waals surface area contributed by atoms with Gasteiger partial charge in [-0.25, -0.2) is 4.39 Å². The summed E-state index contributed by atoms with van der Waals surface area (Å²) in [7, 11) is 2.92. The average Bonchev–Trinajstić information content (AvgIpc) is 3.13. The number of nitrogens with zero attached hydrogens (tertiary/aromatic N) is 1. The highest BCUT2D eigenvalue weighted by molar-refractivity contribution is 6.46. The number of carbonyl (C=O) groups excluding carboxylic acids is 2. The number of likely N-dealkylation sites (tertiary alicyclic amines) is 1. The van der Waals surface area contributed by atoms with Crippen molar-refractivity contribution >= 4 is 29.1 Å². The summed E-state index contributed by atoms with van der Waals surface area (Å²) >= 11 is 5.96. The molecule has 0 radical (unpaired) electrons. The smallest absolute Gasteiger partial charge is 0.295 e. The molecule has 6 nitrogen and oxygen atoms in total. The molecule has 1 atom stereocenters. The van der Waals surface area contributed by atoms with E-state index in [1.807, 2.05) is 12.1 Å². The molecule has 0 bridgehead atoms. The fraction of sp³-hybridized carbons (Fsp3) is 0.185. The van der Waals surface area contributed by atoms with E-state index in [4.69, 9.17) is 21.1 Å². The zero-order valence-corrected chi connectivity index (χ0v) is 19.9. The molecule has 1 N–H and O–H groups in total. The summed E-state index contributed by atoms with van der Waals surface area (Å²) in [5.74, 6) is -1.65. The Kier molecular flexibility index (Phi) is 7.07. The number of ether oxygens (including phenoxy) is 2. The minimum atomic E-state index is -0.908. The lowest BCUT2D eigenvalue weighted by molar-refractivity contribution is -0.139. The lowest BCUT2D eigenvalue weighted by Crippen LogP contribution is -2.31. The molecule has 3 aromatic carbocycles. The Morgan fingerprint density at radius 2 is 1.69 bits per heavy atom. The van der Waals surface area contributed by atoms with Crippen molar-refractivity contribution in [2.45, 2.75) is 12.5 Å².